The van der Waals surface area contributed by atoms with Crippen molar-refractivity contribution in [1.29, 1.82) is 0 Å². The Labute approximate surface area is 183 Å². The quantitative estimate of drug-likeness (QED) is 0.709. The molecule has 2 amide bonds. The van der Waals surface area contributed by atoms with Gasteiger partial charge >= 0.3 is 0 Å². The molecule has 3 rings (SSSR count). The monoisotopic (exact) mass is 444 g/mol. The number of carbonyl (C=O) groups excluding carboxylic acids is 2. The Balaban J connectivity index is 1.70. The zero-order chi connectivity index (χ0) is 22.6. The molecular weight excluding hydrogens is 416 g/mol. The lowest BCUT2D eigenvalue weighted by Gasteiger charge is -2.30. The average molecular weight is 445 g/mol. The third-order valence-corrected chi connectivity index (χ3v) is 7.46. The second-order valence-electron chi connectivity index (χ2n) is 7.89. The van der Waals surface area contributed by atoms with Gasteiger partial charge in [-0.2, -0.15) is 0 Å². The van der Waals surface area contributed by atoms with E-state index in [2.05, 4.69) is 5.32 Å². The van der Waals surface area contributed by atoms with Gasteiger partial charge in [0, 0.05) is 25.0 Å². The molecule has 1 heterocycles. The predicted molar refractivity (Wildman–Crippen MR) is 120 cm³/mol. The molecule has 0 spiro atoms. The van der Waals surface area contributed by atoms with E-state index in [1.54, 1.807) is 30.9 Å². The van der Waals surface area contributed by atoms with E-state index in [0.717, 1.165) is 29.7 Å². The van der Waals surface area contributed by atoms with E-state index in [1.807, 2.05) is 18.2 Å². The lowest BCUT2D eigenvalue weighted by atomic mass is 10.0. The summed E-state index contributed by atoms with van der Waals surface area (Å²) in [5, 5.41) is 2.37. The van der Waals surface area contributed by atoms with Crippen LogP contribution in [0.5, 0.6) is 0 Å². The molecule has 166 valence electrons. The van der Waals surface area contributed by atoms with E-state index >= 15 is 0 Å². The Hall–Kier alpha value is -2.71. The highest BCUT2D eigenvalue weighted by Crippen LogP contribution is 2.30. The molecule has 0 aromatic heterocycles. The number of sulfone groups is 1. The van der Waals surface area contributed by atoms with Crippen molar-refractivity contribution < 1.29 is 22.7 Å². The normalized spacial score (nSPS) is 13.7. The molecule has 0 fully saturated rings. The van der Waals surface area contributed by atoms with E-state index in [9.17, 15) is 18.0 Å². The summed E-state index contributed by atoms with van der Waals surface area (Å²) in [6.07, 6.45) is 1.88. The van der Waals surface area contributed by atoms with Gasteiger partial charge in [-0.05, 0) is 62.1 Å². The number of nitrogens with one attached hydrogen (secondary N) is 1. The van der Waals surface area contributed by atoms with Crippen LogP contribution in [0.2, 0.25) is 0 Å². The van der Waals surface area contributed by atoms with Gasteiger partial charge in [-0.25, -0.2) is 8.42 Å². The zero-order valence-corrected chi connectivity index (χ0v) is 18.9. The molecule has 0 saturated carbocycles. The topological polar surface area (TPSA) is 92.8 Å². The van der Waals surface area contributed by atoms with Gasteiger partial charge in [0.05, 0.1) is 16.6 Å². The molecule has 0 atom stereocenters. The van der Waals surface area contributed by atoms with E-state index < -0.39 is 15.1 Å². The highest BCUT2D eigenvalue weighted by atomic mass is 32.2. The summed E-state index contributed by atoms with van der Waals surface area (Å²) < 4.78 is 29.4. The molecule has 0 saturated heterocycles. The number of hydrogen-bond donors (Lipinski definition) is 1. The summed E-state index contributed by atoms with van der Waals surface area (Å²) in [7, 11) is -1.85. The number of methoxy groups -OCH3 is 1. The lowest BCUT2D eigenvalue weighted by Crippen LogP contribution is -2.37. The van der Waals surface area contributed by atoms with Crippen molar-refractivity contribution in [2.75, 3.05) is 30.5 Å². The Morgan fingerprint density at radius 1 is 1.13 bits per heavy atom. The maximum atomic E-state index is 12.5. The average Bonchev–Trinajstić information content (AvgIpc) is 2.73. The number of benzene rings is 2. The van der Waals surface area contributed by atoms with Crippen LogP contribution in [0.25, 0.3) is 0 Å². The number of anilines is 2. The van der Waals surface area contributed by atoms with Crippen molar-refractivity contribution in [1.82, 2.24) is 0 Å². The summed E-state index contributed by atoms with van der Waals surface area (Å²) in [4.78, 5) is 26.8. The fourth-order valence-corrected chi connectivity index (χ4v) is 4.63. The minimum Gasteiger partial charge on any atom is -0.375 e. The summed E-state index contributed by atoms with van der Waals surface area (Å²) in [5.74, 6) is -0.326. The Morgan fingerprint density at radius 3 is 2.48 bits per heavy atom. The van der Waals surface area contributed by atoms with Crippen molar-refractivity contribution in [2.45, 2.75) is 43.3 Å². The second-order valence-corrected chi connectivity index (χ2v) is 10.4. The van der Waals surface area contributed by atoms with Crippen LogP contribution < -0.4 is 10.2 Å². The van der Waals surface area contributed by atoms with Crippen LogP contribution in [0, 0.1) is 0 Å². The molecule has 0 bridgehead atoms. The largest absolute Gasteiger partial charge is 0.375 e. The molecule has 2 aromatic rings. The minimum atomic E-state index is -3.34. The fraction of sp³-hybridized carbons (Fsp3) is 0.391. The van der Waals surface area contributed by atoms with Crippen LogP contribution in [0.15, 0.2) is 47.4 Å². The van der Waals surface area contributed by atoms with Gasteiger partial charge in [0.2, 0.25) is 5.91 Å². The van der Waals surface area contributed by atoms with E-state index in [0.29, 0.717) is 12.2 Å². The SMILES string of the molecule is COCC(=O)N1CCCc2ccc(NC(=O)Cc3ccc(S(=O)(=O)C(C)C)cc3)cc21. The van der Waals surface area contributed by atoms with Crippen molar-refractivity contribution >= 4 is 33.0 Å². The first-order valence-corrected chi connectivity index (χ1v) is 11.8. The predicted octanol–water partition coefficient (Wildman–Crippen LogP) is 2.98. The standard InChI is InChI=1S/C23H28N2O5S/c1-16(2)31(28,29)20-10-6-17(7-11-20)13-22(26)24-19-9-8-18-5-4-12-25(21(18)14-19)23(27)15-30-3/h6-11,14,16H,4-5,12-13,15H2,1-3H3,(H,24,26). The molecule has 0 aliphatic carbocycles. The van der Waals surface area contributed by atoms with Crippen LogP contribution in [0.4, 0.5) is 11.4 Å². The zero-order valence-electron chi connectivity index (χ0n) is 18.1. The lowest BCUT2D eigenvalue weighted by molar-refractivity contribution is -0.122. The van der Waals surface area contributed by atoms with Gasteiger partial charge in [-0.1, -0.05) is 18.2 Å². The first-order chi connectivity index (χ1) is 14.7. The number of nitrogens with zero attached hydrogens (tertiary/aromatic N) is 1. The summed E-state index contributed by atoms with van der Waals surface area (Å²) in [6.45, 7) is 3.91. The maximum Gasteiger partial charge on any atom is 0.252 e. The van der Waals surface area contributed by atoms with Crippen LogP contribution in [0.1, 0.15) is 31.4 Å². The van der Waals surface area contributed by atoms with Gasteiger partial charge in [0.15, 0.2) is 9.84 Å². The smallest absolute Gasteiger partial charge is 0.252 e. The number of hydrogen-bond acceptors (Lipinski definition) is 5. The number of rotatable bonds is 7. The van der Waals surface area contributed by atoms with E-state index in [4.69, 9.17) is 4.74 Å². The van der Waals surface area contributed by atoms with Crippen LogP contribution in [-0.4, -0.2) is 45.7 Å². The van der Waals surface area contributed by atoms with E-state index in [1.165, 1.54) is 19.2 Å². The third-order valence-electron chi connectivity index (χ3n) is 5.29. The molecular formula is C23H28N2O5S. The number of carbonyl (C=O) groups is 2. The second kappa shape index (κ2) is 9.62. The molecule has 1 aliphatic rings. The van der Waals surface area contributed by atoms with Crippen molar-refractivity contribution in [3.05, 3.63) is 53.6 Å². The fourth-order valence-electron chi connectivity index (χ4n) is 3.57. The molecule has 31 heavy (non-hydrogen) atoms. The third kappa shape index (κ3) is 5.32. The summed E-state index contributed by atoms with van der Waals surface area (Å²) in [6, 6.07) is 12.0. The van der Waals surface area contributed by atoms with Crippen LogP contribution >= 0.6 is 0 Å². The number of ether oxygens (including phenoxy) is 1. The van der Waals surface area contributed by atoms with Crippen molar-refractivity contribution in [3.63, 3.8) is 0 Å². The highest BCUT2D eigenvalue weighted by molar-refractivity contribution is 7.92. The molecule has 7 nitrogen and oxygen atoms in total. The number of fused-ring (bicyclic) bond motifs is 1. The molecule has 0 unspecified atom stereocenters. The van der Waals surface area contributed by atoms with E-state index in [-0.39, 0.29) is 29.7 Å². The molecule has 0 radical (unpaired) electrons. The van der Waals surface area contributed by atoms with Gasteiger partial charge in [-0.3, -0.25) is 9.59 Å². The Morgan fingerprint density at radius 2 is 1.84 bits per heavy atom. The van der Waals surface area contributed by atoms with Gasteiger partial charge in [-0.15, -0.1) is 0 Å². The first-order valence-electron chi connectivity index (χ1n) is 10.3. The van der Waals surface area contributed by atoms with Gasteiger partial charge in [0.25, 0.3) is 5.91 Å². The molecule has 2 aromatic carbocycles. The molecule has 1 aliphatic heterocycles. The minimum absolute atomic E-state index is 0.0125. The van der Waals surface area contributed by atoms with Crippen LogP contribution in [-0.2, 0) is 37.0 Å². The molecule has 8 heteroatoms. The summed E-state index contributed by atoms with van der Waals surface area (Å²) >= 11 is 0. The summed E-state index contributed by atoms with van der Waals surface area (Å²) in [5.41, 5.74) is 3.19. The first kappa shape index (κ1) is 23.0. The van der Waals surface area contributed by atoms with Crippen molar-refractivity contribution in [3.8, 4) is 0 Å². The molecule has 1 N–H and O–H groups in total. The van der Waals surface area contributed by atoms with Gasteiger partial charge in [0.1, 0.15) is 6.61 Å². The van der Waals surface area contributed by atoms with Crippen LogP contribution in [0.3, 0.4) is 0 Å². The van der Waals surface area contributed by atoms with Crippen molar-refractivity contribution in [2.24, 2.45) is 0 Å². The van der Waals surface area contributed by atoms with Gasteiger partial charge < -0.3 is 15.0 Å². The maximum absolute atomic E-state index is 12.5. The Bertz CT molecular complexity index is 1060. The Kier molecular flexibility index (Phi) is 7.12. The number of aryl methyl sites for hydroxylation is 1. The number of amides is 2. The highest BCUT2D eigenvalue weighted by Gasteiger charge is 2.23.